The largest absolute Gasteiger partial charge is 0.477 e. The molecule has 1 fully saturated rings. The molecule has 1 saturated heterocycles. The lowest BCUT2D eigenvalue weighted by molar-refractivity contribution is -0.0967. The molecule has 0 unspecified atom stereocenters. The molecule has 0 atom stereocenters. The number of ether oxygens (including phenoxy) is 2. The molecule has 4 rings (SSSR count). The van der Waals surface area contributed by atoms with E-state index in [1.807, 2.05) is 37.0 Å². The number of anilines is 1. The van der Waals surface area contributed by atoms with Crippen molar-refractivity contribution < 1.29 is 14.3 Å². The van der Waals surface area contributed by atoms with E-state index in [0.717, 1.165) is 17.7 Å². The number of hydrogen-bond acceptors (Lipinski definition) is 7. The molecule has 8 heteroatoms. The average Bonchev–Trinajstić information content (AvgIpc) is 2.74. The number of rotatable bonds is 4. The molecule has 1 amide bonds. The van der Waals surface area contributed by atoms with Gasteiger partial charge in [-0.05, 0) is 43.9 Å². The van der Waals surface area contributed by atoms with Gasteiger partial charge in [-0.2, -0.15) is 0 Å². The number of hydrogen-bond donors (Lipinski definition) is 0. The van der Waals surface area contributed by atoms with Crippen LogP contribution in [0.5, 0.6) is 5.88 Å². The third-order valence-electron chi connectivity index (χ3n) is 5.57. The predicted octanol–water partition coefficient (Wildman–Crippen LogP) is 2.04. The Kier molecular flexibility index (Phi) is 5.36. The number of pyridine rings is 1. The third-order valence-corrected chi connectivity index (χ3v) is 5.57. The van der Waals surface area contributed by atoms with Crippen LogP contribution < -0.4 is 9.64 Å². The van der Waals surface area contributed by atoms with Crippen molar-refractivity contribution in [3.8, 4) is 5.88 Å². The summed E-state index contributed by atoms with van der Waals surface area (Å²) in [7, 11) is 3.87. The molecule has 0 radical (unpaired) electrons. The summed E-state index contributed by atoms with van der Waals surface area (Å²) in [5.74, 6) is 1.02. The Balaban J connectivity index is 1.55. The van der Waals surface area contributed by atoms with Crippen LogP contribution in [0.1, 0.15) is 41.4 Å². The van der Waals surface area contributed by atoms with Crippen LogP contribution >= 0.6 is 0 Å². The maximum atomic E-state index is 13.1. The van der Waals surface area contributed by atoms with Crippen molar-refractivity contribution in [1.29, 1.82) is 0 Å². The molecule has 2 aromatic rings. The van der Waals surface area contributed by atoms with Gasteiger partial charge in [0.1, 0.15) is 11.2 Å². The van der Waals surface area contributed by atoms with E-state index in [2.05, 4.69) is 9.97 Å². The lowest BCUT2D eigenvalue weighted by Gasteiger charge is -2.44. The van der Waals surface area contributed by atoms with Crippen molar-refractivity contribution in [1.82, 2.24) is 19.9 Å². The van der Waals surface area contributed by atoms with Crippen LogP contribution in [0.3, 0.4) is 0 Å². The van der Waals surface area contributed by atoms with E-state index >= 15 is 0 Å². The summed E-state index contributed by atoms with van der Waals surface area (Å²) in [6.07, 6.45) is 5.80. The monoisotopic (exact) mass is 397 g/mol. The molecule has 154 valence electrons. The molecule has 1 spiro atoms. The summed E-state index contributed by atoms with van der Waals surface area (Å²) in [5, 5.41) is 0. The fraction of sp³-hybridized carbons (Fsp3) is 0.524. The summed E-state index contributed by atoms with van der Waals surface area (Å²) in [4.78, 5) is 30.3. The Hall–Kier alpha value is -2.74. The smallest absolute Gasteiger partial charge is 0.259 e. The molecule has 0 bridgehead atoms. The van der Waals surface area contributed by atoms with E-state index in [4.69, 9.17) is 14.5 Å². The van der Waals surface area contributed by atoms with Crippen molar-refractivity contribution >= 4 is 11.9 Å². The first-order valence-electron chi connectivity index (χ1n) is 10.1. The molecule has 2 aromatic heterocycles. The van der Waals surface area contributed by atoms with Gasteiger partial charge in [0.25, 0.3) is 5.91 Å². The molecular weight excluding hydrogens is 370 g/mol. The topological polar surface area (TPSA) is 80.7 Å². The highest BCUT2D eigenvalue weighted by molar-refractivity contribution is 5.96. The summed E-state index contributed by atoms with van der Waals surface area (Å²) < 4.78 is 11.8. The van der Waals surface area contributed by atoms with Gasteiger partial charge >= 0.3 is 0 Å². The van der Waals surface area contributed by atoms with Gasteiger partial charge in [0.2, 0.25) is 11.8 Å². The van der Waals surface area contributed by atoms with Gasteiger partial charge in [-0.3, -0.25) is 4.79 Å². The van der Waals surface area contributed by atoms with Gasteiger partial charge in [-0.25, -0.2) is 15.0 Å². The standard InChI is InChI=1S/C21H27N5O3/c1-4-28-18-16(6-5-10-22-18)19(27)26-11-8-21(9-12-26)17-15(7-13-29-21)14-23-20(24-17)25(2)3/h5-6,10,14H,4,7-9,11-13H2,1-3H3. The number of fused-ring (bicyclic) bond motifs is 2. The molecule has 8 nitrogen and oxygen atoms in total. The summed E-state index contributed by atoms with van der Waals surface area (Å²) in [6, 6.07) is 3.54. The van der Waals surface area contributed by atoms with E-state index in [-0.39, 0.29) is 5.91 Å². The van der Waals surface area contributed by atoms with Gasteiger partial charge < -0.3 is 19.3 Å². The van der Waals surface area contributed by atoms with Crippen molar-refractivity contribution in [2.24, 2.45) is 0 Å². The van der Waals surface area contributed by atoms with Crippen LogP contribution in [0.4, 0.5) is 5.95 Å². The zero-order valence-electron chi connectivity index (χ0n) is 17.2. The first kappa shape index (κ1) is 19.6. The van der Waals surface area contributed by atoms with Crippen LogP contribution in [-0.4, -0.2) is 66.2 Å². The summed E-state index contributed by atoms with van der Waals surface area (Å²) in [5.41, 5.74) is 2.18. The number of piperidine rings is 1. The summed E-state index contributed by atoms with van der Waals surface area (Å²) >= 11 is 0. The minimum atomic E-state index is -0.449. The van der Waals surface area contributed by atoms with Crippen molar-refractivity contribution in [2.75, 3.05) is 45.3 Å². The minimum absolute atomic E-state index is 0.0518. The van der Waals surface area contributed by atoms with E-state index < -0.39 is 5.60 Å². The predicted molar refractivity (Wildman–Crippen MR) is 108 cm³/mol. The fourth-order valence-electron chi connectivity index (χ4n) is 4.04. The van der Waals surface area contributed by atoms with Gasteiger partial charge in [-0.1, -0.05) is 0 Å². The highest BCUT2D eigenvalue weighted by atomic mass is 16.5. The number of likely N-dealkylation sites (tertiary alicyclic amines) is 1. The molecule has 0 aromatic carbocycles. The second-order valence-electron chi connectivity index (χ2n) is 7.61. The Labute approximate surface area is 170 Å². The number of carbonyl (C=O) groups is 1. The number of amides is 1. The van der Waals surface area contributed by atoms with Crippen LogP contribution in [0.2, 0.25) is 0 Å². The van der Waals surface area contributed by atoms with Crippen molar-refractivity contribution in [3.63, 3.8) is 0 Å². The lowest BCUT2D eigenvalue weighted by atomic mass is 9.83. The van der Waals surface area contributed by atoms with Gasteiger partial charge in [-0.15, -0.1) is 0 Å². The third kappa shape index (κ3) is 3.64. The second kappa shape index (κ2) is 7.94. The molecule has 29 heavy (non-hydrogen) atoms. The fourth-order valence-corrected chi connectivity index (χ4v) is 4.04. The second-order valence-corrected chi connectivity index (χ2v) is 7.61. The maximum absolute atomic E-state index is 13.1. The zero-order valence-corrected chi connectivity index (χ0v) is 17.2. The Bertz CT molecular complexity index is 894. The molecule has 2 aliphatic heterocycles. The first-order valence-corrected chi connectivity index (χ1v) is 10.1. The maximum Gasteiger partial charge on any atom is 0.259 e. The Morgan fingerprint density at radius 3 is 2.83 bits per heavy atom. The normalized spacial score (nSPS) is 17.7. The SMILES string of the molecule is CCOc1ncccc1C(=O)N1CCC2(CC1)OCCc1cnc(N(C)C)nc12. The molecular formula is C21H27N5O3. The van der Waals surface area contributed by atoms with Crippen LogP contribution in [0.25, 0.3) is 0 Å². The van der Waals surface area contributed by atoms with Crippen molar-refractivity contribution in [3.05, 3.63) is 41.3 Å². The van der Waals surface area contributed by atoms with Crippen LogP contribution in [0, 0.1) is 0 Å². The molecule has 0 N–H and O–H groups in total. The average molecular weight is 397 g/mol. The van der Waals surface area contributed by atoms with E-state index in [1.54, 1.807) is 18.3 Å². The molecule has 0 aliphatic carbocycles. The lowest BCUT2D eigenvalue weighted by Crippen LogP contribution is -2.49. The first-order chi connectivity index (χ1) is 14.0. The van der Waals surface area contributed by atoms with Crippen molar-refractivity contribution in [2.45, 2.75) is 31.8 Å². The van der Waals surface area contributed by atoms with Crippen LogP contribution in [-0.2, 0) is 16.8 Å². The Morgan fingerprint density at radius 2 is 2.10 bits per heavy atom. The molecule has 0 saturated carbocycles. The number of nitrogens with zero attached hydrogens (tertiary/aromatic N) is 5. The quantitative estimate of drug-likeness (QED) is 0.781. The molecule has 2 aliphatic rings. The van der Waals surface area contributed by atoms with E-state index in [9.17, 15) is 4.79 Å². The summed E-state index contributed by atoms with van der Waals surface area (Å²) in [6.45, 7) is 4.21. The van der Waals surface area contributed by atoms with Gasteiger partial charge in [0.05, 0.1) is 18.9 Å². The zero-order chi connectivity index (χ0) is 20.4. The van der Waals surface area contributed by atoms with Crippen LogP contribution in [0.15, 0.2) is 24.5 Å². The van der Waals surface area contributed by atoms with Gasteiger partial charge in [0, 0.05) is 39.6 Å². The minimum Gasteiger partial charge on any atom is -0.477 e. The number of carbonyl (C=O) groups excluding carboxylic acids is 1. The highest BCUT2D eigenvalue weighted by Crippen LogP contribution is 2.41. The Morgan fingerprint density at radius 1 is 1.31 bits per heavy atom. The van der Waals surface area contributed by atoms with Gasteiger partial charge in [0.15, 0.2) is 0 Å². The number of aromatic nitrogens is 3. The highest BCUT2D eigenvalue weighted by Gasteiger charge is 2.43. The van der Waals surface area contributed by atoms with E-state index in [1.165, 1.54) is 0 Å². The van der Waals surface area contributed by atoms with E-state index in [0.29, 0.717) is 56.5 Å². The molecule has 4 heterocycles.